The summed E-state index contributed by atoms with van der Waals surface area (Å²) in [6, 6.07) is 11.7. The quantitative estimate of drug-likeness (QED) is 0.887. The molecule has 0 spiro atoms. The van der Waals surface area contributed by atoms with Crippen LogP contribution in [0.25, 0.3) is 0 Å². The minimum atomic E-state index is 0.625. The molecule has 3 rings (SSSR count). The summed E-state index contributed by atoms with van der Waals surface area (Å²) in [5, 5.41) is 3.70. The molecule has 1 N–H and O–H groups in total. The van der Waals surface area contributed by atoms with Crippen LogP contribution in [-0.4, -0.2) is 10.6 Å². The van der Waals surface area contributed by atoms with Crippen LogP contribution in [0.4, 0.5) is 0 Å². The Kier molecular flexibility index (Phi) is 3.69. The van der Waals surface area contributed by atoms with Crippen LogP contribution in [0, 0.1) is 0 Å². The Morgan fingerprint density at radius 2 is 2.05 bits per heavy atom. The van der Waals surface area contributed by atoms with Gasteiger partial charge in [-0.2, -0.15) is 0 Å². The number of aryl methyl sites for hydroxylation is 2. The number of rotatable bonds is 4. The first-order valence-corrected chi connectivity index (χ1v) is 7.30. The third-order valence-corrected chi connectivity index (χ3v) is 4.12. The summed E-state index contributed by atoms with van der Waals surface area (Å²) in [6.07, 6.45) is 8.04. The second-order valence-electron chi connectivity index (χ2n) is 5.44. The van der Waals surface area contributed by atoms with Crippen LogP contribution in [0.2, 0.25) is 0 Å². The van der Waals surface area contributed by atoms with Crippen LogP contribution in [0.3, 0.4) is 0 Å². The Hall–Kier alpha value is -1.54. The standard InChI is InChI=1S/C17H22N2/c1-2-19-10-9-14(13-19)12-18-17-8-7-15-5-3-4-6-16(15)11-17/h3-6,9-10,13,17-18H,2,7-8,11-12H2,1H3. The highest BCUT2D eigenvalue weighted by Crippen LogP contribution is 2.21. The van der Waals surface area contributed by atoms with Gasteiger partial charge in [-0.25, -0.2) is 0 Å². The first-order valence-electron chi connectivity index (χ1n) is 7.30. The van der Waals surface area contributed by atoms with Crippen molar-refractivity contribution in [1.29, 1.82) is 0 Å². The van der Waals surface area contributed by atoms with Crippen LogP contribution < -0.4 is 5.32 Å². The van der Waals surface area contributed by atoms with E-state index in [9.17, 15) is 0 Å². The third-order valence-electron chi connectivity index (χ3n) is 4.12. The average molecular weight is 254 g/mol. The van der Waals surface area contributed by atoms with Gasteiger partial charge in [0.2, 0.25) is 0 Å². The molecule has 2 nitrogen and oxygen atoms in total. The second-order valence-corrected chi connectivity index (χ2v) is 5.44. The molecule has 1 aliphatic carbocycles. The van der Waals surface area contributed by atoms with Gasteiger partial charge in [-0.15, -0.1) is 0 Å². The van der Waals surface area contributed by atoms with Gasteiger partial charge >= 0.3 is 0 Å². The number of hydrogen-bond donors (Lipinski definition) is 1. The first kappa shape index (κ1) is 12.5. The largest absolute Gasteiger partial charge is 0.354 e. The molecule has 100 valence electrons. The van der Waals surface area contributed by atoms with E-state index >= 15 is 0 Å². The van der Waals surface area contributed by atoms with Crippen molar-refractivity contribution in [3.63, 3.8) is 0 Å². The molecule has 1 unspecified atom stereocenters. The molecule has 2 aromatic rings. The molecular formula is C17H22N2. The maximum atomic E-state index is 3.70. The van der Waals surface area contributed by atoms with Gasteiger partial charge in [-0.3, -0.25) is 0 Å². The fourth-order valence-electron chi connectivity index (χ4n) is 2.93. The number of aromatic nitrogens is 1. The molecule has 1 atom stereocenters. The second kappa shape index (κ2) is 5.62. The maximum Gasteiger partial charge on any atom is 0.0223 e. The number of nitrogens with one attached hydrogen (secondary N) is 1. The highest BCUT2D eigenvalue weighted by molar-refractivity contribution is 5.30. The van der Waals surface area contributed by atoms with E-state index in [1.807, 2.05) is 0 Å². The summed E-state index contributed by atoms with van der Waals surface area (Å²) in [7, 11) is 0. The molecule has 0 amide bonds. The van der Waals surface area contributed by atoms with Gasteiger partial charge in [0, 0.05) is 31.5 Å². The lowest BCUT2D eigenvalue weighted by Crippen LogP contribution is -2.33. The van der Waals surface area contributed by atoms with Crippen molar-refractivity contribution in [3.05, 3.63) is 59.4 Å². The van der Waals surface area contributed by atoms with Crippen LogP contribution in [0.1, 0.15) is 30.0 Å². The number of benzene rings is 1. The SMILES string of the molecule is CCn1ccc(CNC2CCc3ccccc3C2)c1. The Balaban J connectivity index is 1.57. The van der Waals surface area contributed by atoms with E-state index in [-0.39, 0.29) is 0 Å². The van der Waals surface area contributed by atoms with Gasteiger partial charge in [0.25, 0.3) is 0 Å². The van der Waals surface area contributed by atoms with Crippen LogP contribution in [0.15, 0.2) is 42.7 Å². The van der Waals surface area contributed by atoms with Crippen molar-refractivity contribution in [2.45, 2.75) is 45.3 Å². The predicted octanol–water partition coefficient (Wildman–Crippen LogP) is 3.16. The van der Waals surface area contributed by atoms with E-state index in [2.05, 4.69) is 59.5 Å². The van der Waals surface area contributed by atoms with Gasteiger partial charge in [0.15, 0.2) is 0 Å². The number of fused-ring (bicyclic) bond motifs is 1. The summed E-state index contributed by atoms with van der Waals surface area (Å²) in [5.74, 6) is 0. The molecule has 1 aromatic heterocycles. The minimum Gasteiger partial charge on any atom is -0.354 e. The molecule has 0 aliphatic heterocycles. The molecule has 2 heteroatoms. The Morgan fingerprint density at radius 1 is 1.21 bits per heavy atom. The number of nitrogens with zero attached hydrogens (tertiary/aromatic N) is 1. The molecule has 19 heavy (non-hydrogen) atoms. The highest BCUT2D eigenvalue weighted by Gasteiger charge is 2.17. The van der Waals surface area contributed by atoms with E-state index in [1.165, 1.54) is 36.0 Å². The molecule has 1 aliphatic rings. The van der Waals surface area contributed by atoms with Gasteiger partial charge in [-0.05, 0) is 48.9 Å². The zero-order valence-corrected chi connectivity index (χ0v) is 11.6. The summed E-state index contributed by atoms with van der Waals surface area (Å²) < 4.78 is 2.23. The van der Waals surface area contributed by atoms with E-state index in [0.717, 1.165) is 13.1 Å². The van der Waals surface area contributed by atoms with Gasteiger partial charge < -0.3 is 9.88 Å². The van der Waals surface area contributed by atoms with Crippen molar-refractivity contribution < 1.29 is 0 Å². The van der Waals surface area contributed by atoms with Crippen LogP contribution in [0.5, 0.6) is 0 Å². The fourth-order valence-corrected chi connectivity index (χ4v) is 2.93. The monoisotopic (exact) mass is 254 g/mol. The van der Waals surface area contributed by atoms with Crippen LogP contribution in [-0.2, 0) is 25.9 Å². The van der Waals surface area contributed by atoms with E-state index in [1.54, 1.807) is 0 Å². The Morgan fingerprint density at radius 3 is 2.84 bits per heavy atom. The van der Waals surface area contributed by atoms with Crippen molar-refractivity contribution in [2.24, 2.45) is 0 Å². The predicted molar refractivity (Wildman–Crippen MR) is 79.2 cm³/mol. The summed E-state index contributed by atoms with van der Waals surface area (Å²) >= 11 is 0. The summed E-state index contributed by atoms with van der Waals surface area (Å²) in [6.45, 7) is 4.21. The minimum absolute atomic E-state index is 0.625. The lowest BCUT2D eigenvalue weighted by Gasteiger charge is -2.25. The van der Waals surface area contributed by atoms with Crippen molar-refractivity contribution in [1.82, 2.24) is 9.88 Å². The average Bonchev–Trinajstić information content (AvgIpc) is 2.93. The Labute approximate surface area is 115 Å². The fraction of sp³-hybridized carbons (Fsp3) is 0.412. The zero-order chi connectivity index (χ0) is 13.1. The summed E-state index contributed by atoms with van der Waals surface area (Å²) in [5.41, 5.74) is 4.45. The third kappa shape index (κ3) is 2.90. The van der Waals surface area contributed by atoms with E-state index in [0.29, 0.717) is 6.04 Å². The zero-order valence-electron chi connectivity index (χ0n) is 11.6. The van der Waals surface area contributed by atoms with Crippen molar-refractivity contribution in [2.75, 3.05) is 0 Å². The molecule has 0 saturated heterocycles. The van der Waals surface area contributed by atoms with Gasteiger partial charge in [-0.1, -0.05) is 24.3 Å². The Bertz CT molecular complexity index is 542. The van der Waals surface area contributed by atoms with Gasteiger partial charge in [0.05, 0.1) is 0 Å². The summed E-state index contributed by atoms with van der Waals surface area (Å²) in [4.78, 5) is 0. The molecule has 0 saturated carbocycles. The lowest BCUT2D eigenvalue weighted by atomic mass is 9.88. The normalized spacial score (nSPS) is 18.3. The molecule has 0 radical (unpaired) electrons. The topological polar surface area (TPSA) is 17.0 Å². The van der Waals surface area contributed by atoms with E-state index in [4.69, 9.17) is 0 Å². The molecule has 0 fully saturated rings. The van der Waals surface area contributed by atoms with Crippen molar-refractivity contribution >= 4 is 0 Å². The number of hydrogen-bond acceptors (Lipinski definition) is 1. The smallest absolute Gasteiger partial charge is 0.0223 e. The van der Waals surface area contributed by atoms with Crippen molar-refractivity contribution in [3.8, 4) is 0 Å². The molecule has 1 heterocycles. The first-order chi connectivity index (χ1) is 9.35. The molecule has 1 aromatic carbocycles. The molecular weight excluding hydrogens is 232 g/mol. The van der Waals surface area contributed by atoms with Gasteiger partial charge in [0.1, 0.15) is 0 Å². The maximum absolute atomic E-state index is 3.70. The highest BCUT2D eigenvalue weighted by atomic mass is 14.9. The molecule has 0 bridgehead atoms. The lowest BCUT2D eigenvalue weighted by molar-refractivity contribution is 0.457. The van der Waals surface area contributed by atoms with Crippen LogP contribution >= 0.6 is 0 Å². The van der Waals surface area contributed by atoms with E-state index < -0.39 is 0 Å².